The number of thiol groups is 1. The molecule has 1 fully saturated rings. The number of aromatic nitrogens is 2. The Labute approximate surface area is 139 Å². The van der Waals surface area contributed by atoms with E-state index in [1.165, 1.54) is 0 Å². The van der Waals surface area contributed by atoms with Crippen molar-refractivity contribution in [1.29, 1.82) is 0 Å². The second-order valence-electron chi connectivity index (χ2n) is 6.45. The highest BCUT2D eigenvalue weighted by Gasteiger charge is 2.38. The fourth-order valence-corrected chi connectivity index (χ4v) is 3.20. The molecular formula is C14H22BrN3O2S. The molecule has 1 amide bonds. The Bertz CT molecular complexity index is 505. The molecule has 2 rings (SSSR count). The topological polar surface area (TPSA) is 47.4 Å². The molecule has 1 aliphatic heterocycles. The van der Waals surface area contributed by atoms with Gasteiger partial charge in [-0.3, -0.25) is 4.68 Å². The Morgan fingerprint density at radius 3 is 2.52 bits per heavy atom. The standard InChI is InChI=1S/C14H22BrN3O2S/c1-13(2,3)20-12(19)17-6-4-14(10-21,5-7-17)18-9-11(15)8-16-18/h8-9,21H,4-7,10H2,1-3H3. The second-order valence-corrected chi connectivity index (χ2v) is 7.68. The molecule has 0 aromatic carbocycles. The first-order valence-electron chi connectivity index (χ1n) is 7.05. The molecule has 0 N–H and O–H groups in total. The average molecular weight is 376 g/mol. The number of nitrogens with zero attached hydrogens (tertiary/aromatic N) is 3. The van der Waals surface area contributed by atoms with Gasteiger partial charge in [0.25, 0.3) is 0 Å². The SMILES string of the molecule is CC(C)(C)OC(=O)N1CCC(CS)(n2cc(Br)cn2)CC1. The normalized spacial score (nSPS) is 18.6. The number of carbonyl (C=O) groups excluding carboxylic acids is 1. The second kappa shape index (κ2) is 6.20. The molecule has 0 unspecified atom stereocenters. The van der Waals surface area contributed by atoms with Crippen LogP contribution in [-0.4, -0.2) is 45.2 Å². The minimum absolute atomic E-state index is 0.131. The summed E-state index contributed by atoms with van der Waals surface area (Å²) in [6, 6.07) is 0. The highest BCUT2D eigenvalue weighted by Crippen LogP contribution is 2.32. The van der Waals surface area contributed by atoms with Gasteiger partial charge in [-0.25, -0.2) is 4.79 Å². The highest BCUT2D eigenvalue weighted by atomic mass is 79.9. The Morgan fingerprint density at radius 1 is 1.48 bits per heavy atom. The molecule has 0 atom stereocenters. The van der Waals surface area contributed by atoms with Crippen molar-refractivity contribution in [3.05, 3.63) is 16.9 Å². The largest absolute Gasteiger partial charge is 0.444 e. The van der Waals surface area contributed by atoms with Gasteiger partial charge in [-0.1, -0.05) is 0 Å². The van der Waals surface area contributed by atoms with Gasteiger partial charge >= 0.3 is 6.09 Å². The third kappa shape index (κ3) is 3.94. The third-order valence-electron chi connectivity index (χ3n) is 3.68. The predicted octanol–water partition coefficient (Wildman–Crippen LogP) is 3.30. The van der Waals surface area contributed by atoms with Crippen LogP contribution in [0.25, 0.3) is 0 Å². The minimum Gasteiger partial charge on any atom is -0.444 e. The van der Waals surface area contributed by atoms with Crippen molar-refractivity contribution in [2.45, 2.75) is 44.8 Å². The van der Waals surface area contributed by atoms with Crippen molar-refractivity contribution < 1.29 is 9.53 Å². The number of carbonyl (C=O) groups is 1. The fourth-order valence-electron chi connectivity index (χ4n) is 2.45. The van der Waals surface area contributed by atoms with E-state index in [-0.39, 0.29) is 11.6 Å². The summed E-state index contributed by atoms with van der Waals surface area (Å²) < 4.78 is 8.35. The summed E-state index contributed by atoms with van der Waals surface area (Å²) in [6.07, 6.45) is 5.16. The maximum Gasteiger partial charge on any atom is 0.410 e. The molecule has 21 heavy (non-hydrogen) atoms. The first-order valence-corrected chi connectivity index (χ1v) is 8.48. The van der Waals surface area contributed by atoms with Crippen molar-refractivity contribution in [3.63, 3.8) is 0 Å². The quantitative estimate of drug-likeness (QED) is 0.806. The number of ether oxygens (including phenoxy) is 1. The minimum atomic E-state index is -0.456. The smallest absolute Gasteiger partial charge is 0.410 e. The molecule has 118 valence electrons. The molecule has 1 aromatic rings. The summed E-state index contributed by atoms with van der Waals surface area (Å²) in [5.74, 6) is 0.698. The van der Waals surface area contributed by atoms with Crippen LogP contribution in [-0.2, 0) is 10.3 Å². The molecular weight excluding hydrogens is 354 g/mol. The van der Waals surface area contributed by atoms with E-state index in [2.05, 4.69) is 33.7 Å². The maximum absolute atomic E-state index is 12.1. The number of halogens is 1. The molecule has 0 bridgehead atoms. The van der Waals surface area contributed by atoms with Gasteiger partial charge in [0.2, 0.25) is 0 Å². The molecule has 0 spiro atoms. The van der Waals surface area contributed by atoms with Crippen LogP contribution in [0, 0.1) is 0 Å². The van der Waals surface area contributed by atoms with Gasteiger partial charge in [-0.05, 0) is 49.5 Å². The maximum atomic E-state index is 12.1. The first-order chi connectivity index (χ1) is 9.76. The number of hydrogen-bond acceptors (Lipinski definition) is 4. The molecule has 0 radical (unpaired) electrons. The van der Waals surface area contributed by atoms with Crippen LogP contribution in [0.1, 0.15) is 33.6 Å². The van der Waals surface area contributed by atoms with Gasteiger partial charge in [0.15, 0.2) is 0 Å². The zero-order valence-corrected chi connectivity index (χ0v) is 15.2. The van der Waals surface area contributed by atoms with Gasteiger partial charge in [0.1, 0.15) is 5.60 Å². The number of piperidine rings is 1. The van der Waals surface area contributed by atoms with Crippen LogP contribution in [0.2, 0.25) is 0 Å². The lowest BCUT2D eigenvalue weighted by molar-refractivity contribution is 0.0125. The van der Waals surface area contributed by atoms with Crippen LogP contribution < -0.4 is 0 Å². The molecule has 5 nitrogen and oxygen atoms in total. The summed E-state index contributed by atoms with van der Waals surface area (Å²) in [5, 5.41) is 4.40. The van der Waals surface area contributed by atoms with E-state index in [9.17, 15) is 4.79 Å². The lowest BCUT2D eigenvalue weighted by atomic mass is 9.89. The first kappa shape index (κ1) is 16.7. The van der Waals surface area contributed by atoms with E-state index in [0.29, 0.717) is 18.8 Å². The van der Waals surface area contributed by atoms with Crippen molar-refractivity contribution >= 4 is 34.7 Å². The average Bonchev–Trinajstić information content (AvgIpc) is 2.84. The Kier molecular flexibility index (Phi) is 4.92. The molecule has 2 heterocycles. The van der Waals surface area contributed by atoms with E-state index in [0.717, 1.165) is 17.3 Å². The van der Waals surface area contributed by atoms with E-state index < -0.39 is 5.60 Å². The van der Waals surface area contributed by atoms with Crippen molar-refractivity contribution in [2.24, 2.45) is 0 Å². The van der Waals surface area contributed by atoms with E-state index >= 15 is 0 Å². The van der Waals surface area contributed by atoms with Crippen molar-refractivity contribution in [1.82, 2.24) is 14.7 Å². The molecule has 1 aliphatic rings. The summed E-state index contributed by atoms with van der Waals surface area (Å²) in [7, 11) is 0. The van der Waals surface area contributed by atoms with Gasteiger partial charge in [0, 0.05) is 25.0 Å². The van der Waals surface area contributed by atoms with Crippen LogP contribution >= 0.6 is 28.6 Å². The lowest BCUT2D eigenvalue weighted by Gasteiger charge is -2.41. The van der Waals surface area contributed by atoms with Gasteiger partial charge < -0.3 is 9.64 Å². The monoisotopic (exact) mass is 375 g/mol. The van der Waals surface area contributed by atoms with Gasteiger partial charge in [-0.15, -0.1) is 0 Å². The van der Waals surface area contributed by atoms with E-state index in [4.69, 9.17) is 4.74 Å². The van der Waals surface area contributed by atoms with Crippen molar-refractivity contribution in [2.75, 3.05) is 18.8 Å². The van der Waals surface area contributed by atoms with Gasteiger partial charge in [0.05, 0.1) is 16.2 Å². The fraction of sp³-hybridized carbons (Fsp3) is 0.714. The number of likely N-dealkylation sites (tertiary alicyclic amines) is 1. The summed E-state index contributed by atoms with van der Waals surface area (Å²) in [4.78, 5) is 13.9. The third-order valence-corrected chi connectivity index (χ3v) is 4.68. The van der Waals surface area contributed by atoms with Crippen LogP contribution in [0.5, 0.6) is 0 Å². The van der Waals surface area contributed by atoms with E-state index in [1.807, 2.05) is 31.6 Å². The number of amides is 1. The highest BCUT2D eigenvalue weighted by molar-refractivity contribution is 9.10. The lowest BCUT2D eigenvalue weighted by Crippen LogP contribution is -2.50. The molecule has 1 saturated heterocycles. The van der Waals surface area contributed by atoms with Gasteiger partial charge in [-0.2, -0.15) is 17.7 Å². The molecule has 0 saturated carbocycles. The Balaban J connectivity index is 2.03. The molecule has 0 aliphatic carbocycles. The van der Waals surface area contributed by atoms with Crippen LogP contribution in [0.3, 0.4) is 0 Å². The van der Waals surface area contributed by atoms with E-state index in [1.54, 1.807) is 11.1 Å². The predicted molar refractivity (Wildman–Crippen MR) is 88.8 cm³/mol. The Hall–Kier alpha value is -0.690. The number of rotatable bonds is 2. The zero-order chi connectivity index (χ0) is 15.7. The zero-order valence-electron chi connectivity index (χ0n) is 12.7. The number of hydrogen-bond donors (Lipinski definition) is 1. The molecule has 1 aromatic heterocycles. The summed E-state index contributed by atoms with van der Waals surface area (Å²) in [6.45, 7) is 6.97. The molecule has 7 heteroatoms. The summed E-state index contributed by atoms with van der Waals surface area (Å²) >= 11 is 7.94. The summed E-state index contributed by atoms with van der Waals surface area (Å²) in [5.41, 5.74) is -0.588. The Morgan fingerprint density at radius 2 is 2.10 bits per heavy atom. The van der Waals surface area contributed by atoms with Crippen LogP contribution in [0.15, 0.2) is 16.9 Å². The van der Waals surface area contributed by atoms with Crippen LogP contribution in [0.4, 0.5) is 4.79 Å². The van der Waals surface area contributed by atoms with Crippen molar-refractivity contribution in [3.8, 4) is 0 Å².